The number of hydrogen-bond acceptors (Lipinski definition) is 4. The van der Waals surface area contributed by atoms with E-state index in [1.54, 1.807) is 0 Å². The Hall–Kier alpha value is -2.32. The number of carboxylic acids is 1. The van der Waals surface area contributed by atoms with E-state index in [4.69, 9.17) is 11.5 Å². The van der Waals surface area contributed by atoms with E-state index in [0.29, 0.717) is 12.0 Å². The minimum atomic E-state index is -0.952. The molecular formula is C17H29N5O4. The van der Waals surface area contributed by atoms with Crippen LogP contribution in [0.15, 0.2) is 4.99 Å². The van der Waals surface area contributed by atoms with Crippen molar-refractivity contribution >= 4 is 23.7 Å². The fraction of sp³-hybridized carbons (Fsp3) is 0.765. The van der Waals surface area contributed by atoms with Gasteiger partial charge in [0.25, 0.3) is 0 Å². The van der Waals surface area contributed by atoms with E-state index in [1.165, 1.54) is 6.92 Å². The highest BCUT2D eigenvalue weighted by atomic mass is 16.4. The van der Waals surface area contributed by atoms with Crippen LogP contribution in [0.25, 0.3) is 0 Å². The molecule has 2 aliphatic rings. The predicted molar refractivity (Wildman–Crippen MR) is 96.0 cm³/mol. The largest absolute Gasteiger partial charge is 0.481 e. The van der Waals surface area contributed by atoms with Crippen LogP contribution in [-0.2, 0) is 14.4 Å². The number of carboxylic acid groups (broad SMARTS) is 1. The van der Waals surface area contributed by atoms with Crippen LogP contribution in [0.4, 0.5) is 0 Å². The maximum absolute atomic E-state index is 12.7. The van der Waals surface area contributed by atoms with E-state index in [-0.39, 0.29) is 30.6 Å². The van der Waals surface area contributed by atoms with Crippen LogP contribution < -0.4 is 22.1 Å². The normalized spacial score (nSPS) is 27.2. The molecule has 9 heteroatoms. The van der Waals surface area contributed by atoms with Crippen molar-refractivity contribution in [2.45, 2.75) is 58.0 Å². The summed E-state index contributed by atoms with van der Waals surface area (Å²) in [4.78, 5) is 39.8. The highest BCUT2D eigenvalue weighted by molar-refractivity contribution is 5.87. The number of carbonyl (C=O) groups is 3. The van der Waals surface area contributed by atoms with Crippen molar-refractivity contribution in [2.24, 2.45) is 33.7 Å². The first-order valence-electron chi connectivity index (χ1n) is 8.98. The lowest BCUT2D eigenvalue weighted by Gasteiger charge is -2.27. The molecule has 0 heterocycles. The molecule has 7 N–H and O–H groups in total. The monoisotopic (exact) mass is 367 g/mol. The van der Waals surface area contributed by atoms with Crippen LogP contribution >= 0.6 is 0 Å². The number of hydrogen-bond donors (Lipinski definition) is 5. The van der Waals surface area contributed by atoms with E-state index in [1.807, 2.05) is 0 Å². The lowest BCUT2D eigenvalue weighted by Crippen LogP contribution is -2.52. The number of amides is 2. The number of guanidine groups is 1. The molecule has 2 unspecified atom stereocenters. The number of nitrogens with zero attached hydrogens (tertiary/aromatic N) is 1. The van der Waals surface area contributed by atoms with Gasteiger partial charge in [0.1, 0.15) is 6.04 Å². The number of aliphatic imine (C=N–C) groups is 1. The van der Waals surface area contributed by atoms with Crippen LogP contribution in [-0.4, -0.2) is 47.5 Å². The number of rotatable bonds is 8. The Bertz CT molecular complexity index is 598. The zero-order valence-electron chi connectivity index (χ0n) is 15.3. The summed E-state index contributed by atoms with van der Waals surface area (Å²) in [7, 11) is 0. The van der Waals surface area contributed by atoms with Gasteiger partial charge in [-0.05, 0) is 37.5 Å². The second kappa shape index (κ2) is 7.92. The van der Waals surface area contributed by atoms with Gasteiger partial charge in [0, 0.05) is 19.4 Å². The van der Waals surface area contributed by atoms with Gasteiger partial charge in [0.05, 0.1) is 12.0 Å². The Morgan fingerprint density at radius 1 is 1.27 bits per heavy atom. The quantitative estimate of drug-likeness (QED) is 0.288. The first-order valence-corrected chi connectivity index (χ1v) is 8.98. The fourth-order valence-electron chi connectivity index (χ4n) is 3.59. The summed E-state index contributed by atoms with van der Waals surface area (Å²) in [5.41, 5.74) is 11.2. The molecule has 2 rings (SSSR count). The second-order valence-electron chi connectivity index (χ2n) is 7.82. The lowest BCUT2D eigenvalue weighted by atomic mass is 9.92. The van der Waals surface area contributed by atoms with E-state index in [0.717, 1.165) is 19.3 Å². The molecule has 2 saturated carbocycles. The van der Waals surface area contributed by atoms with Crippen molar-refractivity contribution < 1.29 is 19.5 Å². The van der Waals surface area contributed by atoms with Gasteiger partial charge in [-0.1, -0.05) is 6.92 Å². The standard InChI is InChI=1S/C17H29N5O4/c1-9(23)21-13(14(24)20-6-5-17(2)3-4-17)11-7-10(15(25)26)8-12(11)22-16(18)19/h10-13H,3-8H2,1-2H3,(H,20,24)(H,21,23)(H,25,26)(H4,18,19,22)/t10?,11-,12-,13?/m0/s1. The van der Waals surface area contributed by atoms with Crippen LogP contribution in [0.2, 0.25) is 0 Å². The van der Waals surface area contributed by atoms with Crippen LogP contribution in [0.1, 0.15) is 46.0 Å². The summed E-state index contributed by atoms with van der Waals surface area (Å²) in [6.07, 6.45) is 3.67. The summed E-state index contributed by atoms with van der Waals surface area (Å²) < 4.78 is 0. The van der Waals surface area contributed by atoms with Crippen molar-refractivity contribution in [2.75, 3.05) is 6.54 Å². The third-order valence-electron chi connectivity index (χ3n) is 5.44. The van der Waals surface area contributed by atoms with E-state index >= 15 is 0 Å². The minimum absolute atomic E-state index is 0.158. The third-order valence-corrected chi connectivity index (χ3v) is 5.44. The summed E-state index contributed by atoms with van der Waals surface area (Å²) in [6, 6.07) is -1.39. The molecule has 0 radical (unpaired) electrons. The zero-order valence-corrected chi connectivity index (χ0v) is 15.3. The summed E-state index contributed by atoms with van der Waals surface area (Å²) in [5, 5.41) is 14.8. The molecule has 0 aromatic heterocycles. The summed E-state index contributed by atoms with van der Waals surface area (Å²) >= 11 is 0. The van der Waals surface area contributed by atoms with Crippen LogP contribution in [0.3, 0.4) is 0 Å². The Kier molecular flexibility index (Phi) is 6.09. The fourth-order valence-corrected chi connectivity index (χ4v) is 3.59. The maximum Gasteiger partial charge on any atom is 0.306 e. The molecule has 2 fully saturated rings. The van der Waals surface area contributed by atoms with Gasteiger partial charge in [-0.15, -0.1) is 0 Å². The lowest BCUT2D eigenvalue weighted by molar-refractivity contribution is -0.141. The number of carbonyl (C=O) groups excluding carboxylic acids is 2. The Balaban J connectivity index is 2.10. The molecule has 9 nitrogen and oxygen atoms in total. The summed E-state index contributed by atoms with van der Waals surface area (Å²) in [5.74, 6) is -2.92. The van der Waals surface area contributed by atoms with Gasteiger partial charge in [-0.2, -0.15) is 0 Å². The average Bonchev–Trinajstić information content (AvgIpc) is 3.10. The van der Waals surface area contributed by atoms with E-state index < -0.39 is 29.9 Å². The van der Waals surface area contributed by atoms with Crippen molar-refractivity contribution in [3.8, 4) is 0 Å². The molecule has 2 aliphatic carbocycles. The number of aliphatic carboxylic acids is 1. The maximum atomic E-state index is 12.7. The highest BCUT2D eigenvalue weighted by Crippen LogP contribution is 2.47. The average molecular weight is 367 g/mol. The van der Waals surface area contributed by atoms with Crippen molar-refractivity contribution in [1.29, 1.82) is 0 Å². The molecule has 0 aliphatic heterocycles. The molecule has 0 spiro atoms. The Morgan fingerprint density at radius 2 is 1.92 bits per heavy atom. The third kappa shape index (κ3) is 5.34. The zero-order chi connectivity index (χ0) is 19.5. The van der Waals surface area contributed by atoms with E-state index in [2.05, 4.69) is 22.5 Å². The molecular weight excluding hydrogens is 338 g/mol. The van der Waals surface area contributed by atoms with Crippen molar-refractivity contribution in [3.63, 3.8) is 0 Å². The minimum Gasteiger partial charge on any atom is -0.481 e. The predicted octanol–water partition coefficient (Wildman–Crippen LogP) is -0.450. The van der Waals surface area contributed by atoms with Gasteiger partial charge in [0.2, 0.25) is 11.8 Å². The molecule has 26 heavy (non-hydrogen) atoms. The number of nitrogens with one attached hydrogen (secondary N) is 2. The molecule has 4 atom stereocenters. The Morgan fingerprint density at radius 3 is 2.42 bits per heavy atom. The van der Waals surface area contributed by atoms with Crippen LogP contribution in [0.5, 0.6) is 0 Å². The second-order valence-corrected chi connectivity index (χ2v) is 7.82. The number of nitrogens with two attached hydrogens (primary N) is 2. The van der Waals surface area contributed by atoms with Crippen molar-refractivity contribution in [3.05, 3.63) is 0 Å². The molecule has 0 aromatic rings. The van der Waals surface area contributed by atoms with Gasteiger partial charge < -0.3 is 27.2 Å². The van der Waals surface area contributed by atoms with Crippen molar-refractivity contribution in [1.82, 2.24) is 10.6 Å². The molecule has 0 aromatic carbocycles. The smallest absolute Gasteiger partial charge is 0.306 e. The first-order chi connectivity index (χ1) is 12.1. The molecule has 146 valence electrons. The van der Waals surface area contributed by atoms with E-state index in [9.17, 15) is 19.5 Å². The van der Waals surface area contributed by atoms with Gasteiger partial charge in [-0.3, -0.25) is 14.4 Å². The van der Waals surface area contributed by atoms with Gasteiger partial charge in [0.15, 0.2) is 5.96 Å². The van der Waals surface area contributed by atoms with Gasteiger partial charge >= 0.3 is 5.97 Å². The molecule has 0 bridgehead atoms. The first kappa shape index (κ1) is 20.0. The highest BCUT2D eigenvalue weighted by Gasteiger charge is 2.45. The Labute approximate surface area is 153 Å². The van der Waals surface area contributed by atoms with Crippen LogP contribution in [0, 0.1) is 17.3 Å². The topological polar surface area (TPSA) is 160 Å². The molecule has 0 saturated heterocycles. The summed E-state index contributed by atoms with van der Waals surface area (Å²) in [6.45, 7) is 4.02. The van der Waals surface area contributed by atoms with Gasteiger partial charge in [-0.25, -0.2) is 4.99 Å². The SMILES string of the molecule is CC(=O)NC(C(=O)NCCC1(C)CC1)[C@H]1CC(C(=O)O)C[C@@H]1N=C(N)N. The molecule has 2 amide bonds.